The van der Waals surface area contributed by atoms with Crippen LogP contribution in [0.2, 0.25) is 0 Å². The number of hydrogen-bond acceptors (Lipinski definition) is 6. The summed E-state index contributed by atoms with van der Waals surface area (Å²) < 4.78 is 7.72. The second kappa shape index (κ2) is 10.2. The fourth-order valence-electron chi connectivity index (χ4n) is 5.26. The number of fused-ring (bicyclic) bond motifs is 3. The SMILES string of the molecule is CC(C)=CCn1nc(C(=O)NC2CC3COCC(C2)N3Cc2ccc([N+](=O)[O-])cc2)c2ccccc21. The van der Waals surface area contributed by atoms with Gasteiger partial charge in [0.25, 0.3) is 11.6 Å². The number of ether oxygens (including phenoxy) is 1. The Morgan fingerprint density at radius 3 is 2.50 bits per heavy atom. The summed E-state index contributed by atoms with van der Waals surface area (Å²) in [7, 11) is 0. The lowest BCUT2D eigenvalue weighted by molar-refractivity contribution is -0.384. The molecule has 9 nitrogen and oxygen atoms in total. The molecule has 0 spiro atoms. The molecule has 1 aromatic heterocycles. The molecule has 3 heterocycles. The highest BCUT2D eigenvalue weighted by Gasteiger charge is 2.39. The Morgan fingerprint density at radius 1 is 1.14 bits per heavy atom. The number of nitrogens with zero attached hydrogens (tertiary/aromatic N) is 4. The number of carbonyl (C=O) groups excluding carboxylic acids is 1. The zero-order valence-electron chi connectivity index (χ0n) is 20.6. The van der Waals surface area contributed by atoms with Crippen LogP contribution >= 0.6 is 0 Å². The highest BCUT2D eigenvalue weighted by molar-refractivity contribution is 6.05. The molecule has 2 fully saturated rings. The summed E-state index contributed by atoms with van der Waals surface area (Å²) in [5.74, 6) is -0.144. The van der Waals surface area contributed by atoms with E-state index in [9.17, 15) is 14.9 Å². The lowest BCUT2D eigenvalue weighted by Crippen LogP contribution is -2.60. The molecule has 188 valence electrons. The van der Waals surface area contributed by atoms with Gasteiger partial charge in [-0.25, -0.2) is 0 Å². The van der Waals surface area contributed by atoms with E-state index in [1.54, 1.807) is 12.1 Å². The lowest BCUT2D eigenvalue weighted by Gasteiger charge is -2.48. The van der Waals surface area contributed by atoms with Gasteiger partial charge >= 0.3 is 0 Å². The number of para-hydroxylation sites is 1. The first-order valence-electron chi connectivity index (χ1n) is 12.4. The second-order valence-electron chi connectivity index (χ2n) is 9.91. The molecular formula is C27H31N5O4. The largest absolute Gasteiger partial charge is 0.378 e. The molecule has 2 atom stereocenters. The van der Waals surface area contributed by atoms with Crippen molar-refractivity contribution >= 4 is 22.5 Å². The minimum atomic E-state index is -0.381. The lowest BCUT2D eigenvalue weighted by atomic mass is 9.89. The van der Waals surface area contributed by atoms with Gasteiger partial charge in [-0.15, -0.1) is 0 Å². The van der Waals surface area contributed by atoms with Crippen LogP contribution in [-0.2, 0) is 17.8 Å². The summed E-state index contributed by atoms with van der Waals surface area (Å²) in [5, 5.41) is 19.7. The standard InChI is InChI=1S/C27H31N5O4/c1-18(2)11-12-31-25-6-4-3-5-24(25)26(29-31)27(33)28-20-13-22-16-36-17-23(14-20)30(22)15-19-7-9-21(10-8-19)32(34)35/h3-11,20,22-23H,12-17H2,1-2H3,(H,28,33). The van der Waals surface area contributed by atoms with Gasteiger partial charge in [0.1, 0.15) is 0 Å². The van der Waals surface area contributed by atoms with E-state index in [0.717, 1.165) is 29.3 Å². The highest BCUT2D eigenvalue weighted by atomic mass is 16.6. The summed E-state index contributed by atoms with van der Waals surface area (Å²) in [6.45, 7) is 6.64. The van der Waals surface area contributed by atoms with Crippen LogP contribution in [0.25, 0.3) is 10.9 Å². The van der Waals surface area contributed by atoms with Crippen LogP contribution in [0.1, 0.15) is 42.7 Å². The Kier molecular flexibility index (Phi) is 6.84. The van der Waals surface area contributed by atoms with Crippen molar-refractivity contribution in [3.8, 4) is 0 Å². The highest BCUT2D eigenvalue weighted by Crippen LogP contribution is 2.30. The molecule has 3 aromatic rings. The fraction of sp³-hybridized carbons (Fsp3) is 0.407. The molecular weight excluding hydrogens is 458 g/mol. The minimum Gasteiger partial charge on any atom is -0.378 e. The molecule has 0 saturated carbocycles. The molecule has 1 N–H and O–H groups in total. The summed E-state index contributed by atoms with van der Waals surface area (Å²) >= 11 is 0. The third-order valence-electron chi connectivity index (χ3n) is 7.06. The van der Waals surface area contributed by atoms with Crippen molar-refractivity contribution in [1.29, 1.82) is 0 Å². The number of carbonyl (C=O) groups is 1. The second-order valence-corrected chi connectivity index (χ2v) is 9.91. The van der Waals surface area contributed by atoms with Gasteiger partial charge in [0, 0.05) is 42.2 Å². The molecule has 36 heavy (non-hydrogen) atoms. The van der Waals surface area contributed by atoms with E-state index in [1.165, 1.54) is 5.57 Å². The van der Waals surface area contributed by atoms with Crippen LogP contribution in [-0.4, -0.2) is 56.9 Å². The Labute approximate surface area is 209 Å². The van der Waals surface area contributed by atoms with Gasteiger partial charge in [0.15, 0.2) is 5.69 Å². The number of non-ortho nitro benzene ring substituents is 1. The zero-order chi connectivity index (χ0) is 25.2. The number of rotatable bonds is 7. The number of benzene rings is 2. The normalized spacial score (nSPS) is 21.8. The number of morpholine rings is 1. The van der Waals surface area contributed by atoms with E-state index < -0.39 is 0 Å². The molecule has 2 bridgehead atoms. The maximum atomic E-state index is 13.4. The number of piperidine rings is 1. The number of hydrogen-bond donors (Lipinski definition) is 1. The molecule has 2 aliphatic heterocycles. The van der Waals surface area contributed by atoms with E-state index >= 15 is 0 Å². The van der Waals surface area contributed by atoms with Crippen molar-refractivity contribution < 1.29 is 14.5 Å². The van der Waals surface area contributed by atoms with Crippen molar-refractivity contribution in [2.45, 2.75) is 57.9 Å². The van der Waals surface area contributed by atoms with E-state index in [0.29, 0.717) is 32.0 Å². The minimum absolute atomic E-state index is 0.0335. The molecule has 2 saturated heterocycles. The number of nitro groups is 1. The zero-order valence-corrected chi connectivity index (χ0v) is 20.6. The van der Waals surface area contributed by atoms with Crippen molar-refractivity contribution in [3.63, 3.8) is 0 Å². The maximum Gasteiger partial charge on any atom is 0.272 e. The van der Waals surface area contributed by atoms with E-state index in [2.05, 4.69) is 21.4 Å². The fourth-order valence-corrected chi connectivity index (χ4v) is 5.26. The quantitative estimate of drug-likeness (QED) is 0.305. The van der Waals surface area contributed by atoms with Crippen molar-refractivity contribution in [1.82, 2.24) is 20.0 Å². The van der Waals surface area contributed by atoms with Crippen LogP contribution in [0, 0.1) is 10.1 Å². The molecule has 2 aromatic carbocycles. The number of nitro benzene ring substituents is 1. The van der Waals surface area contributed by atoms with Crippen LogP contribution in [0.3, 0.4) is 0 Å². The summed E-state index contributed by atoms with van der Waals surface area (Å²) in [6, 6.07) is 15.0. The van der Waals surface area contributed by atoms with Gasteiger partial charge in [-0.1, -0.05) is 42.0 Å². The van der Waals surface area contributed by atoms with Gasteiger partial charge in [0.2, 0.25) is 0 Å². The van der Waals surface area contributed by atoms with E-state index in [1.807, 2.05) is 54.9 Å². The van der Waals surface area contributed by atoms with E-state index in [4.69, 9.17) is 4.74 Å². The third kappa shape index (κ3) is 5.03. The van der Waals surface area contributed by atoms with Gasteiger partial charge in [0.05, 0.1) is 30.2 Å². The monoisotopic (exact) mass is 489 g/mol. The van der Waals surface area contributed by atoms with Crippen molar-refractivity contribution in [3.05, 3.63) is 81.6 Å². The topological polar surface area (TPSA) is 103 Å². The Balaban J connectivity index is 1.28. The molecule has 1 amide bonds. The number of amides is 1. The molecule has 2 aliphatic rings. The average molecular weight is 490 g/mol. The van der Waals surface area contributed by atoms with Crippen LogP contribution in [0.4, 0.5) is 5.69 Å². The van der Waals surface area contributed by atoms with Gasteiger partial charge in [-0.3, -0.25) is 24.5 Å². The van der Waals surface area contributed by atoms with Crippen molar-refractivity contribution in [2.75, 3.05) is 13.2 Å². The smallest absolute Gasteiger partial charge is 0.272 e. The first kappa shape index (κ1) is 24.1. The molecule has 0 aliphatic carbocycles. The first-order valence-corrected chi connectivity index (χ1v) is 12.4. The summed E-state index contributed by atoms with van der Waals surface area (Å²) in [6.07, 6.45) is 3.67. The summed E-state index contributed by atoms with van der Waals surface area (Å²) in [5.41, 5.74) is 3.74. The van der Waals surface area contributed by atoms with Gasteiger partial charge in [-0.05, 0) is 38.3 Å². The number of aromatic nitrogens is 2. The number of allylic oxidation sites excluding steroid dienone is 2. The van der Waals surface area contributed by atoms with Crippen LogP contribution in [0.5, 0.6) is 0 Å². The first-order chi connectivity index (χ1) is 17.4. The Bertz CT molecular complexity index is 1280. The van der Waals surface area contributed by atoms with Gasteiger partial charge in [-0.2, -0.15) is 5.10 Å². The molecule has 5 rings (SSSR count). The third-order valence-corrected chi connectivity index (χ3v) is 7.06. The van der Waals surface area contributed by atoms with Crippen molar-refractivity contribution in [2.24, 2.45) is 0 Å². The molecule has 2 unspecified atom stereocenters. The van der Waals surface area contributed by atoms with Crippen LogP contribution < -0.4 is 5.32 Å². The van der Waals surface area contributed by atoms with Gasteiger partial charge < -0.3 is 10.1 Å². The predicted octanol–water partition coefficient (Wildman–Crippen LogP) is 4.07. The molecule has 0 radical (unpaired) electrons. The van der Waals surface area contributed by atoms with E-state index in [-0.39, 0.29) is 34.6 Å². The predicted molar refractivity (Wildman–Crippen MR) is 137 cm³/mol. The Morgan fingerprint density at radius 2 is 1.83 bits per heavy atom. The summed E-state index contributed by atoms with van der Waals surface area (Å²) in [4.78, 5) is 26.3. The maximum absolute atomic E-state index is 13.4. The number of nitrogens with one attached hydrogen (secondary N) is 1. The molecule has 9 heteroatoms. The van der Waals surface area contributed by atoms with Crippen LogP contribution in [0.15, 0.2) is 60.2 Å². The average Bonchev–Trinajstić information content (AvgIpc) is 3.22. The Hall–Kier alpha value is -3.56.